The van der Waals surface area contributed by atoms with Gasteiger partial charge in [-0.25, -0.2) is 28.1 Å². The lowest BCUT2D eigenvalue weighted by Gasteiger charge is -2.16. The van der Waals surface area contributed by atoms with E-state index >= 15 is 0 Å². The molecule has 9 nitrogen and oxygen atoms in total. The van der Waals surface area contributed by atoms with Gasteiger partial charge in [-0.15, -0.1) is 0 Å². The van der Waals surface area contributed by atoms with Crippen LogP contribution in [0.3, 0.4) is 0 Å². The van der Waals surface area contributed by atoms with Crippen molar-refractivity contribution >= 4 is 39.3 Å². The van der Waals surface area contributed by atoms with Gasteiger partial charge >= 0.3 is 0 Å². The highest BCUT2D eigenvalue weighted by molar-refractivity contribution is 8.00. The van der Waals surface area contributed by atoms with Crippen LogP contribution in [0.2, 0.25) is 0 Å². The maximum absolute atomic E-state index is 13.2. The van der Waals surface area contributed by atoms with Gasteiger partial charge in [0.1, 0.15) is 11.1 Å². The topological polar surface area (TPSA) is 138 Å². The minimum Gasteiger partial charge on any atom is -0.325 e. The highest BCUT2D eigenvalue weighted by Gasteiger charge is 2.22. The molecule has 0 radical (unpaired) electrons. The normalized spacial score (nSPS) is 11.7. The predicted molar refractivity (Wildman–Crippen MR) is 168 cm³/mol. The summed E-state index contributed by atoms with van der Waals surface area (Å²) in [5, 5.41) is 12.8. The highest BCUT2D eigenvalue weighted by atomic mass is 32.2. The van der Waals surface area contributed by atoms with Gasteiger partial charge in [-0.2, -0.15) is 5.26 Å². The Kier molecular flexibility index (Phi) is 8.80. The lowest BCUT2D eigenvalue weighted by atomic mass is 9.98. The zero-order chi connectivity index (χ0) is 30.4. The van der Waals surface area contributed by atoms with E-state index in [4.69, 9.17) is 4.98 Å². The molecule has 0 aliphatic heterocycles. The first-order chi connectivity index (χ1) is 20.7. The zero-order valence-electron chi connectivity index (χ0n) is 23.2. The molecule has 2 N–H and O–H groups in total. The maximum Gasteiger partial charge on any atom is 0.264 e. The van der Waals surface area contributed by atoms with E-state index in [9.17, 15) is 18.5 Å². The second kappa shape index (κ2) is 12.9. The van der Waals surface area contributed by atoms with Crippen LogP contribution in [0.5, 0.6) is 0 Å². The summed E-state index contributed by atoms with van der Waals surface area (Å²) < 4.78 is 27.6. The van der Waals surface area contributed by atoms with E-state index in [1.54, 1.807) is 13.0 Å². The molecule has 0 bridgehead atoms. The number of nitrogens with zero attached hydrogens (tertiary/aromatic N) is 4. The van der Waals surface area contributed by atoms with Crippen molar-refractivity contribution in [1.29, 1.82) is 5.26 Å². The Morgan fingerprint density at radius 3 is 2.23 bits per heavy atom. The van der Waals surface area contributed by atoms with E-state index in [1.807, 2.05) is 67.6 Å². The molecule has 0 saturated carbocycles. The van der Waals surface area contributed by atoms with Crippen LogP contribution in [-0.4, -0.2) is 34.5 Å². The first-order valence-corrected chi connectivity index (χ1v) is 15.5. The van der Waals surface area contributed by atoms with Gasteiger partial charge < -0.3 is 5.32 Å². The number of thioether (sulfide) groups is 1. The highest BCUT2D eigenvalue weighted by Crippen LogP contribution is 2.36. The van der Waals surface area contributed by atoms with Gasteiger partial charge in [0.2, 0.25) is 11.9 Å². The molecule has 2 heterocycles. The summed E-state index contributed by atoms with van der Waals surface area (Å²) in [6.07, 6.45) is 2.86. The average Bonchev–Trinajstić information content (AvgIpc) is 3.02. The van der Waals surface area contributed by atoms with Crippen molar-refractivity contribution in [3.05, 3.63) is 115 Å². The van der Waals surface area contributed by atoms with Gasteiger partial charge in [-0.1, -0.05) is 71.9 Å². The molecule has 0 aliphatic rings. The van der Waals surface area contributed by atoms with E-state index in [-0.39, 0.29) is 16.8 Å². The maximum atomic E-state index is 13.2. The van der Waals surface area contributed by atoms with Crippen molar-refractivity contribution in [2.24, 2.45) is 0 Å². The van der Waals surface area contributed by atoms with E-state index in [2.05, 4.69) is 26.1 Å². The Balaban J connectivity index is 1.37. The summed E-state index contributed by atoms with van der Waals surface area (Å²) in [6.45, 7) is 3.73. The number of carbonyl (C=O) groups is 1. The Morgan fingerprint density at radius 1 is 0.907 bits per heavy atom. The van der Waals surface area contributed by atoms with Gasteiger partial charge in [-0.05, 0) is 55.8 Å². The van der Waals surface area contributed by atoms with Crippen LogP contribution in [-0.2, 0) is 14.8 Å². The van der Waals surface area contributed by atoms with Gasteiger partial charge in [0, 0.05) is 29.2 Å². The monoisotopic (exact) mass is 606 g/mol. The molecule has 214 valence electrons. The summed E-state index contributed by atoms with van der Waals surface area (Å²) in [5.41, 5.74) is 5.10. The van der Waals surface area contributed by atoms with Crippen molar-refractivity contribution in [3.63, 3.8) is 0 Å². The van der Waals surface area contributed by atoms with Crippen LogP contribution in [0.4, 0.5) is 11.6 Å². The van der Waals surface area contributed by atoms with Crippen LogP contribution in [0.15, 0.2) is 113 Å². The molecule has 2 aromatic heterocycles. The van der Waals surface area contributed by atoms with Crippen LogP contribution >= 0.6 is 11.8 Å². The van der Waals surface area contributed by atoms with E-state index in [1.165, 1.54) is 48.4 Å². The number of nitrogens with one attached hydrogen (secondary N) is 2. The summed E-state index contributed by atoms with van der Waals surface area (Å²) in [4.78, 5) is 25.7. The molecule has 1 atom stereocenters. The number of pyridine rings is 1. The van der Waals surface area contributed by atoms with Gasteiger partial charge in [-0.3, -0.25) is 4.79 Å². The second-order valence-electron chi connectivity index (χ2n) is 9.53. The number of hydrogen-bond acceptors (Lipinski definition) is 8. The number of nitriles is 1. The zero-order valence-corrected chi connectivity index (χ0v) is 24.9. The van der Waals surface area contributed by atoms with Gasteiger partial charge in [0.25, 0.3) is 10.0 Å². The van der Waals surface area contributed by atoms with Crippen molar-refractivity contribution in [1.82, 2.24) is 15.0 Å². The van der Waals surface area contributed by atoms with Gasteiger partial charge in [0.05, 0.1) is 21.4 Å². The van der Waals surface area contributed by atoms with Crippen molar-refractivity contribution in [3.8, 4) is 28.5 Å². The van der Waals surface area contributed by atoms with Crippen molar-refractivity contribution in [2.75, 3.05) is 10.0 Å². The molecule has 11 heteroatoms. The number of aryl methyl sites for hydroxylation is 1. The SMILES string of the molecule is Cc1ccc(-c2cc(-c3ccccc3)nc(SC(C)C(=O)Nc3ccc(S(=O)(=O)Nc4ncccn4)cc3)c2C#N)cc1. The van der Waals surface area contributed by atoms with E-state index in [0.29, 0.717) is 22.0 Å². The minimum absolute atomic E-state index is 0.00963. The molecule has 5 rings (SSSR count). The second-order valence-corrected chi connectivity index (χ2v) is 12.5. The van der Waals surface area contributed by atoms with E-state index < -0.39 is 15.3 Å². The van der Waals surface area contributed by atoms with Crippen LogP contribution in [0.25, 0.3) is 22.4 Å². The fraction of sp³-hybridized carbons (Fsp3) is 0.0938. The molecule has 0 aliphatic carbocycles. The number of carbonyl (C=O) groups excluding carboxylic acids is 1. The predicted octanol–water partition coefficient (Wildman–Crippen LogP) is 6.31. The lowest BCUT2D eigenvalue weighted by Crippen LogP contribution is -2.23. The third kappa shape index (κ3) is 7.06. The number of amides is 1. The minimum atomic E-state index is -3.91. The first kappa shape index (κ1) is 29.4. The summed E-state index contributed by atoms with van der Waals surface area (Å²) >= 11 is 1.19. The van der Waals surface area contributed by atoms with Crippen LogP contribution in [0, 0.1) is 18.3 Å². The molecular weight excluding hydrogens is 581 g/mol. The Bertz CT molecular complexity index is 1890. The number of hydrogen-bond donors (Lipinski definition) is 2. The Labute approximate surface area is 254 Å². The molecule has 0 spiro atoms. The number of rotatable bonds is 9. The first-order valence-electron chi connectivity index (χ1n) is 13.2. The van der Waals surface area contributed by atoms with Crippen LogP contribution < -0.4 is 10.0 Å². The summed E-state index contributed by atoms with van der Waals surface area (Å²) in [6, 6.07) is 29.1. The molecule has 3 aromatic carbocycles. The van der Waals surface area contributed by atoms with Crippen molar-refractivity contribution in [2.45, 2.75) is 29.0 Å². The van der Waals surface area contributed by atoms with E-state index in [0.717, 1.165) is 22.3 Å². The third-order valence-electron chi connectivity index (χ3n) is 6.41. The standard InChI is InChI=1S/C32H26N6O3S2/c1-21-9-11-23(12-10-21)27-19-29(24-7-4-3-5-8-24)37-31(28(27)20-33)42-22(2)30(39)36-25-13-15-26(16-14-25)43(40,41)38-32-34-17-6-18-35-32/h3-19,22H,1-2H3,(H,36,39)(H,34,35,38). The Morgan fingerprint density at radius 2 is 1.58 bits per heavy atom. The summed E-state index contributed by atoms with van der Waals surface area (Å²) in [7, 11) is -3.91. The number of sulfonamides is 1. The molecule has 0 saturated heterocycles. The lowest BCUT2D eigenvalue weighted by molar-refractivity contribution is -0.115. The average molecular weight is 607 g/mol. The smallest absolute Gasteiger partial charge is 0.264 e. The molecule has 1 amide bonds. The summed E-state index contributed by atoms with van der Waals surface area (Å²) in [5.74, 6) is -0.373. The number of anilines is 2. The number of benzene rings is 3. The van der Waals surface area contributed by atoms with Gasteiger partial charge in [0.15, 0.2) is 0 Å². The molecule has 43 heavy (non-hydrogen) atoms. The molecule has 1 unspecified atom stereocenters. The quantitative estimate of drug-likeness (QED) is 0.186. The fourth-order valence-corrected chi connectivity index (χ4v) is 6.03. The Hall–Kier alpha value is -5.05. The largest absolute Gasteiger partial charge is 0.325 e. The number of aromatic nitrogens is 3. The van der Waals surface area contributed by atoms with Crippen molar-refractivity contribution < 1.29 is 13.2 Å². The molecule has 5 aromatic rings. The molecular formula is C32H26N6O3S2. The van der Waals surface area contributed by atoms with Crippen LogP contribution in [0.1, 0.15) is 18.1 Å². The fourth-order valence-electron chi connectivity index (χ4n) is 4.15. The third-order valence-corrected chi connectivity index (χ3v) is 8.84. The molecule has 0 fully saturated rings.